The minimum atomic E-state index is -0.309. The van der Waals surface area contributed by atoms with Gasteiger partial charge in [-0.25, -0.2) is 4.79 Å². The lowest BCUT2D eigenvalue weighted by Crippen LogP contribution is -2.43. The summed E-state index contributed by atoms with van der Waals surface area (Å²) in [6.45, 7) is 1.80. The van der Waals surface area contributed by atoms with Crippen molar-refractivity contribution < 1.29 is 19.1 Å². The van der Waals surface area contributed by atoms with Gasteiger partial charge < -0.3 is 25.0 Å². The van der Waals surface area contributed by atoms with Crippen molar-refractivity contribution in [2.75, 3.05) is 24.7 Å². The molecule has 4 rings (SSSR count). The summed E-state index contributed by atoms with van der Waals surface area (Å²) in [7, 11) is 0. The summed E-state index contributed by atoms with van der Waals surface area (Å²) >= 11 is 5.85. The van der Waals surface area contributed by atoms with Crippen LogP contribution in [0.2, 0.25) is 5.02 Å². The lowest BCUT2D eigenvalue weighted by molar-refractivity contribution is -0.117. The molecule has 8 heteroatoms. The van der Waals surface area contributed by atoms with Crippen LogP contribution in [-0.2, 0) is 11.3 Å². The molecule has 0 spiro atoms. The zero-order valence-corrected chi connectivity index (χ0v) is 15.9. The molecule has 0 aliphatic carbocycles. The van der Waals surface area contributed by atoms with E-state index in [1.54, 1.807) is 29.2 Å². The number of carbonyl (C=O) groups excluding carboxylic acids is 2. The van der Waals surface area contributed by atoms with Crippen LogP contribution in [0.4, 0.5) is 10.5 Å². The van der Waals surface area contributed by atoms with E-state index in [1.807, 2.05) is 18.2 Å². The number of hydrogen-bond acceptors (Lipinski definition) is 4. The van der Waals surface area contributed by atoms with Crippen molar-refractivity contribution >= 4 is 29.2 Å². The van der Waals surface area contributed by atoms with E-state index in [0.717, 1.165) is 11.3 Å². The maximum absolute atomic E-state index is 12.4. The molecule has 3 amide bonds. The Morgan fingerprint density at radius 3 is 2.64 bits per heavy atom. The smallest absolute Gasteiger partial charge is 0.315 e. The Labute approximate surface area is 167 Å². The summed E-state index contributed by atoms with van der Waals surface area (Å²) in [5.74, 6) is 1.27. The molecule has 28 heavy (non-hydrogen) atoms. The first-order valence-corrected chi connectivity index (χ1v) is 9.45. The van der Waals surface area contributed by atoms with Gasteiger partial charge in [0.25, 0.3) is 0 Å². The van der Waals surface area contributed by atoms with Gasteiger partial charge in [0.05, 0.1) is 6.04 Å². The van der Waals surface area contributed by atoms with E-state index in [1.165, 1.54) is 0 Å². The highest BCUT2D eigenvalue weighted by atomic mass is 35.5. The first-order valence-electron chi connectivity index (χ1n) is 9.07. The van der Waals surface area contributed by atoms with Crippen molar-refractivity contribution in [3.05, 3.63) is 53.1 Å². The molecule has 2 heterocycles. The van der Waals surface area contributed by atoms with E-state index in [0.29, 0.717) is 42.8 Å². The van der Waals surface area contributed by atoms with Gasteiger partial charge in [0.15, 0.2) is 11.5 Å². The van der Waals surface area contributed by atoms with Gasteiger partial charge in [0.2, 0.25) is 5.91 Å². The van der Waals surface area contributed by atoms with Gasteiger partial charge >= 0.3 is 6.03 Å². The number of nitrogens with one attached hydrogen (secondary N) is 2. The van der Waals surface area contributed by atoms with Crippen LogP contribution in [0.3, 0.4) is 0 Å². The van der Waals surface area contributed by atoms with Crippen LogP contribution in [0.5, 0.6) is 11.5 Å². The minimum absolute atomic E-state index is 0.0420. The van der Waals surface area contributed by atoms with Crippen LogP contribution in [0.1, 0.15) is 12.0 Å². The monoisotopic (exact) mass is 401 g/mol. The topological polar surface area (TPSA) is 79.9 Å². The maximum Gasteiger partial charge on any atom is 0.315 e. The molecule has 2 N–H and O–H groups in total. The molecule has 7 nitrogen and oxygen atoms in total. The number of amides is 3. The van der Waals surface area contributed by atoms with E-state index < -0.39 is 0 Å². The summed E-state index contributed by atoms with van der Waals surface area (Å²) in [5.41, 5.74) is 1.68. The average molecular weight is 402 g/mol. The fourth-order valence-electron chi connectivity index (χ4n) is 3.27. The van der Waals surface area contributed by atoms with Crippen LogP contribution >= 0.6 is 11.6 Å². The van der Waals surface area contributed by atoms with Crippen LogP contribution in [0.25, 0.3) is 0 Å². The number of nitrogens with zero attached hydrogens (tertiary/aromatic N) is 1. The molecule has 2 aromatic carbocycles. The molecule has 0 bridgehead atoms. The summed E-state index contributed by atoms with van der Waals surface area (Å²) in [6.07, 6.45) is 0.253. The molecule has 0 unspecified atom stereocenters. The second-order valence-electron chi connectivity index (χ2n) is 6.69. The fourth-order valence-corrected chi connectivity index (χ4v) is 3.40. The van der Waals surface area contributed by atoms with Crippen molar-refractivity contribution in [3.63, 3.8) is 0 Å². The minimum Gasteiger partial charge on any atom is -0.486 e. The largest absolute Gasteiger partial charge is 0.486 e. The van der Waals surface area contributed by atoms with Crippen LogP contribution in [0, 0.1) is 0 Å². The van der Waals surface area contributed by atoms with Gasteiger partial charge in [0, 0.05) is 36.3 Å². The van der Waals surface area contributed by atoms with Crippen molar-refractivity contribution in [2.24, 2.45) is 0 Å². The number of fused-ring (bicyclic) bond motifs is 1. The second-order valence-corrected chi connectivity index (χ2v) is 7.12. The summed E-state index contributed by atoms with van der Waals surface area (Å²) in [6, 6.07) is 12.1. The van der Waals surface area contributed by atoms with Gasteiger partial charge in [-0.1, -0.05) is 23.7 Å². The lowest BCUT2D eigenvalue weighted by Gasteiger charge is -2.22. The first kappa shape index (κ1) is 18.4. The Hall–Kier alpha value is -2.93. The third-order valence-corrected chi connectivity index (χ3v) is 4.92. The van der Waals surface area contributed by atoms with Crippen molar-refractivity contribution in [2.45, 2.75) is 19.0 Å². The highest BCUT2D eigenvalue weighted by Gasteiger charge is 2.32. The predicted octanol–water partition coefficient (Wildman–Crippen LogP) is 2.72. The normalized spacial score (nSPS) is 18.1. The van der Waals surface area contributed by atoms with Crippen molar-refractivity contribution in [3.8, 4) is 11.5 Å². The number of anilines is 1. The number of rotatable bonds is 4. The summed E-state index contributed by atoms with van der Waals surface area (Å²) < 4.78 is 11.1. The molecule has 1 atom stereocenters. The molecule has 2 aliphatic heterocycles. The van der Waals surface area contributed by atoms with Crippen molar-refractivity contribution in [1.82, 2.24) is 10.6 Å². The third-order valence-electron chi connectivity index (χ3n) is 4.66. The quantitative estimate of drug-likeness (QED) is 0.825. The molecule has 2 aliphatic rings. The van der Waals surface area contributed by atoms with Gasteiger partial charge in [0.1, 0.15) is 13.2 Å². The van der Waals surface area contributed by atoms with Gasteiger partial charge in [-0.15, -0.1) is 0 Å². The van der Waals surface area contributed by atoms with Gasteiger partial charge in [-0.3, -0.25) is 4.79 Å². The molecule has 0 radical (unpaired) electrons. The molecule has 0 aromatic heterocycles. The van der Waals surface area contributed by atoms with E-state index in [-0.39, 0.29) is 24.4 Å². The maximum atomic E-state index is 12.4. The van der Waals surface area contributed by atoms with Crippen LogP contribution < -0.4 is 25.0 Å². The molecule has 0 saturated carbocycles. The highest BCUT2D eigenvalue weighted by molar-refractivity contribution is 6.30. The Morgan fingerprint density at radius 2 is 1.86 bits per heavy atom. The number of ether oxygens (including phenoxy) is 2. The molecular formula is C20H20ClN3O4. The average Bonchev–Trinajstić information content (AvgIpc) is 3.07. The Bertz CT molecular complexity index is 888. The lowest BCUT2D eigenvalue weighted by atomic mass is 10.2. The van der Waals surface area contributed by atoms with E-state index >= 15 is 0 Å². The van der Waals surface area contributed by atoms with Gasteiger partial charge in [-0.05, 0) is 29.8 Å². The van der Waals surface area contributed by atoms with E-state index in [4.69, 9.17) is 21.1 Å². The van der Waals surface area contributed by atoms with Crippen LogP contribution in [0.15, 0.2) is 42.5 Å². The number of hydrogen-bond donors (Lipinski definition) is 2. The van der Waals surface area contributed by atoms with Crippen LogP contribution in [-0.4, -0.2) is 37.7 Å². The molecule has 146 valence electrons. The molecule has 2 aromatic rings. The van der Waals surface area contributed by atoms with Gasteiger partial charge in [-0.2, -0.15) is 0 Å². The number of benzene rings is 2. The number of urea groups is 1. The third kappa shape index (κ3) is 4.14. The Balaban J connectivity index is 1.33. The number of carbonyl (C=O) groups is 2. The van der Waals surface area contributed by atoms with Crippen molar-refractivity contribution in [1.29, 1.82) is 0 Å². The molecular weight excluding hydrogens is 382 g/mol. The highest BCUT2D eigenvalue weighted by Crippen LogP contribution is 2.35. The molecule has 1 fully saturated rings. The Kier molecular flexibility index (Phi) is 5.25. The van der Waals surface area contributed by atoms with E-state index in [9.17, 15) is 9.59 Å². The first-order chi connectivity index (χ1) is 13.6. The van der Waals surface area contributed by atoms with E-state index in [2.05, 4.69) is 10.6 Å². The predicted molar refractivity (Wildman–Crippen MR) is 105 cm³/mol. The zero-order chi connectivity index (χ0) is 19.5. The Morgan fingerprint density at radius 1 is 1.11 bits per heavy atom. The standard InChI is InChI=1S/C20H20ClN3O4/c21-14-3-1-13(2-4-14)11-22-20(26)23-15-9-19(25)24(12-15)16-5-6-17-18(10-16)28-8-7-27-17/h1-6,10,15H,7-9,11-12H2,(H2,22,23,26)/t15-/m0/s1. The summed E-state index contributed by atoms with van der Waals surface area (Å²) in [4.78, 5) is 26.2. The fraction of sp³-hybridized carbons (Fsp3) is 0.300. The zero-order valence-electron chi connectivity index (χ0n) is 15.1. The number of halogens is 1. The second kappa shape index (κ2) is 7.98. The molecule has 1 saturated heterocycles. The SMILES string of the molecule is O=C(NCc1ccc(Cl)cc1)N[C@H]1CC(=O)N(c2ccc3c(c2)OCCO3)C1. The summed E-state index contributed by atoms with van der Waals surface area (Å²) in [5, 5.41) is 6.30.